The van der Waals surface area contributed by atoms with E-state index in [4.69, 9.17) is 15.9 Å². The second kappa shape index (κ2) is 7.36. The number of carbonyl (C=O) groups excluding carboxylic acids is 3. The Hall–Kier alpha value is -2.85. The van der Waals surface area contributed by atoms with Crippen LogP contribution < -0.4 is 10.1 Å². The summed E-state index contributed by atoms with van der Waals surface area (Å²) < 4.78 is 10.7. The normalized spacial score (nSPS) is 19.4. The molecule has 1 saturated heterocycles. The van der Waals surface area contributed by atoms with Gasteiger partial charge in [-0.3, -0.25) is 19.7 Å². The molecule has 3 rings (SSSR count). The molecule has 1 atom stereocenters. The van der Waals surface area contributed by atoms with Crippen molar-refractivity contribution in [3.63, 3.8) is 0 Å². The second-order valence-corrected chi connectivity index (χ2v) is 5.82. The molecule has 1 aromatic carbocycles. The Labute approximate surface area is 145 Å². The van der Waals surface area contributed by atoms with Crippen molar-refractivity contribution in [2.24, 2.45) is 0 Å². The van der Waals surface area contributed by atoms with E-state index in [1.165, 1.54) is 4.90 Å². The third-order valence-electron chi connectivity index (χ3n) is 4.18. The van der Waals surface area contributed by atoms with Crippen molar-refractivity contribution in [3.8, 4) is 18.1 Å². The monoisotopic (exact) mass is 342 g/mol. The first-order valence-corrected chi connectivity index (χ1v) is 8.01. The molecule has 0 bridgehead atoms. The molecule has 1 unspecified atom stereocenters. The van der Waals surface area contributed by atoms with E-state index in [9.17, 15) is 14.4 Å². The number of amides is 3. The van der Waals surface area contributed by atoms with Crippen molar-refractivity contribution in [2.75, 3.05) is 19.8 Å². The minimum atomic E-state index is -0.612. The van der Waals surface area contributed by atoms with Gasteiger partial charge < -0.3 is 14.4 Å². The lowest BCUT2D eigenvalue weighted by molar-refractivity contribution is -0.136. The summed E-state index contributed by atoms with van der Waals surface area (Å²) in [5.41, 5.74) is 1.36. The van der Waals surface area contributed by atoms with Crippen LogP contribution in [0.1, 0.15) is 28.8 Å². The zero-order valence-corrected chi connectivity index (χ0v) is 13.6. The molecule has 130 valence electrons. The average Bonchev–Trinajstić information content (AvgIpc) is 2.91. The van der Waals surface area contributed by atoms with Crippen LogP contribution in [0.4, 0.5) is 0 Å². The fourth-order valence-electron chi connectivity index (χ4n) is 2.99. The van der Waals surface area contributed by atoms with Crippen LogP contribution in [-0.2, 0) is 20.9 Å². The highest BCUT2D eigenvalue weighted by Crippen LogP contribution is 2.30. The Kier molecular flexibility index (Phi) is 5.00. The van der Waals surface area contributed by atoms with Crippen molar-refractivity contribution in [1.29, 1.82) is 0 Å². The lowest BCUT2D eigenvalue weighted by Gasteiger charge is -2.29. The summed E-state index contributed by atoms with van der Waals surface area (Å²) in [5, 5.41) is 2.29. The second-order valence-electron chi connectivity index (χ2n) is 5.82. The Balaban J connectivity index is 1.64. The molecule has 2 aliphatic rings. The van der Waals surface area contributed by atoms with Crippen LogP contribution in [0.3, 0.4) is 0 Å². The number of nitrogens with one attached hydrogen (secondary N) is 1. The van der Waals surface area contributed by atoms with Gasteiger partial charge in [-0.15, -0.1) is 6.42 Å². The van der Waals surface area contributed by atoms with Gasteiger partial charge in [0.15, 0.2) is 0 Å². The maximum atomic E-state index is 12.5. The van der Waals surface area contributed by atoms with Crippen molar-refractivity contribution >= 4 is 17.7 Å². The average molecular weight is 342 g/mol. The van der Waals surface area contributed by atoms with Gasteiger partial charge in [0.2, 0.25) is 11.8 Å². The summed E-state index contributed by atoms with van der Waals surface area (Å²) in [7, 11) is 0. The summed E-state index contributed by atoms with van der Waals surface area (Å²) in [4.78, 5) is 37.3. The number of nitrogens with zero attached hydrogens (tertiary/aromatic N) is 1. The molecule has 7 heteroatoms. The van der Waals surface area contributed by atoms with E-state index in [1.54, 1.807) is 18.2 Å². The van der Waals surface area contributed by atoms with E-state index < -0.39 is 11.9 Å². The molecule has 1 N–H and O–H groups in total. The Morgan fingerprint density at radius 2 is 2.12 bits per heavy atom. The van der Waals surface area contributed by atoms with Gasteiger partial charge in [0.1, 0.15) is 25.0 Å². The van der Waals surface area contributed by atoms with Crippen molar-refractivity contribution in [3.05, 3.63) is 29.3 Å². The number of hydrogen-bond donors (Lipinski definition) is 1. The van der Waals surface area contributed by atoms with E-state index in [1.807, 2.05) is 0 Å². The molecular weight excluding hydrogens is 324 g/mol. The number of benzene rings is 1. The van der Waals surface area contributed by atoms with Crippen molar-refractivity contribution < 1.29 is 23.9 Å². The molecular formula is C18H18N2O5. The number of rotatable bonds is 6. The van der Waals surface area contributed by atoms with Gasteiger partial charge >= 0.3 is 0 Å². The minimum absolute atomic E-state index is 0.201. The highest BCUT2D eigenvalue weighted by molar-refractivity contribution is 6.05. The number of piperidine rings is 1. The number of hydrogen-bond acceptors (Lipinski definition) is 5. The van der Waals surface area contributed by atoms with Crippen LogP contribution in [0.5, 0.6) is 5.75 Å². The first kappa shape index (κ1) is 17.0. The molecule has 0 aromatic heterocycles. The molecule has 0 radical (unpaired) electrons. The number of ether oxygens (including phenoxy) is 2. The van der Waals surface area contributed by atoms with E-state index in [2.05, 4.69) is 11.2 Å². The summed E-state index contributed by atoms with van der Waals surface area (Å²) in [5.74, 6) is 2.08. The quantitative estimate of drug-likeness (QED) is 0.462. The molecule has 0 aliphatic carbocycles. The number of carbonyl (C=O) groups is 3. The molecule has 7 nitrogen and oxygen atoms in total. The molecule has 2 aliphatic heterocycles. The lowest BCUT2D eigenvalue weighted by Crippen LogP contribution is -2.52. The third-order valence-corrected chi connectivity index (χ3v) is 4.18. The highest BCUT2D eigenvalue weighted by atomic mass is 16.5. The molecule has 0 saturated carbocycles. The zero-order valence-electron chi connectivity index (χ0n) is 13.6. The Morgan fingerprint density at radius 3 is 2.88 bits per heavy atom. The first-order valence-electron chi connectivity index (χ1n) is 8.01. The smallest absolute Gasteiger partial charge is 0.255 e. The van der Waals surface area contributed by atoms with Gasteiger partial charge in [-0.25, -0.2) is 0 Å². The highest BCUT2D eigenvalue weighted by Gasteiger charge is 2.39. The van der Waals surface area contributed by atoms with Crippen LogP contribution in [0.25, 0.3) is 0 Å². The van der Waals surface area contributed by atoms with Gasteiger partial charge in [0.05, 0.1) is 6.61 Å². The molecule has 1 fully saturated rings. The SMILES string of the molecule is C#CCOCCOc1ccc2c(c1)CN(C1CCC(=O)NC1=O)C2=O. The Bertz CT molecular complexity index is 752. The maximum absolute atomic E-state index is 12.5. The Morgan fingerprint density at radius 1 is 1.28 bits per heavy atom. The van der Waals surface area contributed by atoms with Crippen molar-refractivity contribution in [1.82, 2.24) is 10.2 Å². The number of fused-ring (bicyclic) bond motifs is 1. The van der Waals surface area contributed by atoms with Crippen LogP contribution in [0, 0.1) is 12.3 Å². The van der Waals surface area contributed by atoms with E-state index in [0.29, 0.717) is 37.5 Å². The summed E-state index contributed by atoms with van der Waals surface area (Å²) >= 11 is 0. The fourth-order valence-corrected chi connectivity index (χ4v) is 2.99. The van der Waals surface area contributed by atoms with E-state index in [-0.39, 0.29) is 24.8 Å². The fraction of sp³-hybridized carbons (Fsp3) is 0.389. The van der Waals surface area contributed by atoms with Crippen molar-refractivity contribution in [2.45, 2.75) is 25.4 Å². The van der Waals surface area contributed by atoms with Gasteiger partial charge in [0.25, 0.3) is 5.91 Å². The predicted octanol–water partition coefficient (Wildman–Crippen LogP) is 0.476. The minimum Gasteiger partial charge on any atom is -0.491 e. The first-order chi connectivity index (χ1) is 12.1. The lowest BCUT2D eigenvalue weighted by atomic mass is 10.0. The topological polar surface area (TPSA) is 84.9 Å². The van der Waals surface area contributed by atoms with Gasteiger partial charge in [0, 0.05) is 18.5 Å². The maximum Gasteiger partial charge on any atom is 0.255 e. The number of imide groups is 1. The van der Waals surface area contributed by atoms with E-state index >= 15 is 0 Å². The van der Waals surface area contributed by atoms with Gasteiger partial charge in [-0.2, -0.15) is 0 Å². The molecule has 25 heavy (non-hydrogen) atoms. The molecule has 1 aromatic rings. The largest absolute Gasteiger partial charge is 0.491 e. The molecule has 2 heterocycles. The molecule has 3 amide bonds. The predicted molar refractivity (Wildman–Crippen MR) is 87.6 cm³/mol. The van der Waals surface area contributed by atoms with Crippen LogP contribution in [0.15, 0.2) is 18.2 Å². The zero-order chi connectivity index (χ0) is 17.8. The van der Waals surface area contributed by atoms with E-state index in [0.717, 1.165) is 5.56 Å². The third kappa shape index (κ3) is 3.64. The standard InChI is InChI=1S/C18H18N2O5/c1-2-7-24-8-9-25-13-3-4-14-12(10-13)11-20(18(14)23)15-5-6-16(21)19-17(15)22/h1,3-4,10,15H,5-9,11H2,(H,19,21,22). The summed E-state index contributed by atoms with van der Waals surface area (Å²) in [6.07, 6.45) is 5.67. The molecule has 0 spiro atoms. The van der Waals surface area contributed by atoms with Gasteiger partial charge in [-0.1, -0.05) is 5.92 Å². The van der Waals surface area contributed by atoms with Crippen LogP contribution in [-0.4, -0.2) is 48.5 Å². The van der Waals surface area contributed by atoms with Crippen LogP contribution >= 0.6 is 0 Å². The summed E-state index contributed by atoms with van der Waals surface area (Å²) in [6.45, 7) is 1.29. The van der Waals surface area contributed by atoms with Crippen LogP contribution in [0.2, 0.25) is 0 Å². The van der Waals surface area contributed by atoms with Gasteiger partial charge in [-0.05, 0) is 30.2 Å². The summed E-state index contributed by atoms with van der Waals surface area (Å²) in [6, 6.07) is 4.59. The number of terminal acetylenes is 1.